The first-order valence-electron chi connectivity index (χ1n) is 9.64. The Bertz CT molecular complexity index is 1040. The smallest absolute Gasteiger partial charge is 0.336 e. The number of carbonyl (C=O) groups is 2. The average molecular weight is 390 g/mol. The van der Waals surface area contributed by atoms with Crippen LogP contribution in [-0.2, 0) is 0 Å². The maximum atomic E-state index is 11.7. The van der Waals surface area contributed by atoms with E-state index in [1.165, 1.54) is 0 Å². The van der Waals surface area contributed by atoms with Gasteiger partial charge in [-0.25, -0.2) is 9.59 Å². The van der Waals surface area contributed by atoms with Crippen molar-refractivity contribution in [3.8, 4) is 0 Å². The standard InChI is InChI=1S/C23H22N2O4/c1-25-21(17-10-4-5-11-18(17)23(28)29)19-12-6-8-15(20(19)24-25)13-14-7-2-3-9-16(14)22(26)27/h2-5,7,9-11,13,19,21H,6,8,12H2,1H3,(H,26,27)(H,28,29)/b15-13+. The molecule has 0 aromatic heterocycles. The molecule has 2 N–H and O–H groups in total. The van der Waals surface area contributed by atoms with E-state index in [0.717, 1.165) is 36.1 Å². The van der Waals surface area contributed by atoms with Gasteiger partial charge in [-0.05, 0) is 54.2 Å². The average Bonchev–Trinajstić information content (AvgIpc) is 3.05. The number of hydrogen-bond donors (Lipinski definition) is 2. The van der Waals surface area contributed by atoms with Crippen LogP contribution >= 0.6 is 0 Å². The number of carboxylic acids is 2. The van der Waals surface area contributed by atoms with Gasteiger partial charge < -0.3 is 10.2 Å². The van der Waals surface area contributed by atoms with Gasteiger partial charge in [-0.2, -0.15) is 5.10 Å². The number of hydrazone groups is 1. The van der Waals surface area contributed by atoms with Gasteiger partial charge >= 0.3 is 11.9 Å². The Labute approximate surface area is 168 Å². The number of nitrogens with zero attached hydrogens (tertiary/aromatic N) is 2. The van der Waals surface area contributed by atoms with E-state index in [4.69, 9.17) is 5.10 Å². The highest BCUT2D eigenvalue weighted by Crippen LogP contribution is 2.44. The molecule has 1 aliphatic carbocycles. The zero-order chi connectivity index (χ0) is 20.5. The van der Waals surface area contributed by atoms with Gasteiger partial charge in [0.1, 0.15) is 0 Å². The summed E-state index contributed by atoms with van der Waals surface area (Å²) in [7, 11) is 1.87. The third-order valence-corrected chi connectivity index (χ3v) is 5.72. The minimum Gasteiger partial charge on any atom is -0.478 e. The molecular formula is C23H22N2O4. The Balaban J connectivity index is 1.73. The van der Waals surface area contributed by atoms with Crippen LogP contribution in [0.4, 0.5) is 0 Å². The molecule has 1 fully saturated rings. The zero-order valence-electron chi connectivity index (χ0n) is 16.1. The van der Waals surface area contributed by atoms with E-state index >= 15 is 0 Å². The molecule has 29 heavy (non-hydrogen) atoms. The Morgan fingerprint density at radius 3 is 2.41 bits per heavy atom. The Kier molecular flexibility index (Phi) is 4.92. The largest absolute Gasteiger partial charge is 0.478 e. The van der Waals surface area contributed by atoms with Gasteiger partial charge in [0.2, 0.25) is 0 Å². The number of allylic oxidation sites excluding steroid dienone is 1. The van der Waals surface area contributed by atoms with E-state index in [1.807, 2.05) is 36.3 Å². The van der Waals surface area contributed by atoms with Crippen LogP contribution < -0.4 is 0 Å². The molecule has 2 unspecified atom stereocenters. The molecule has 148 valence electrons. The van der Waals surface area contributed by atoms with Crippen molar-refractivity contribution in [3.63, 3.8) is 0 Å². The van der Waals surface area contributed by atoms with Gasteiger partial charge in [0.25, 0.3) is 0 Å². The predicted molar refractivity (Wildman–Crippen MR) is 110 cm³/mol. The summed E-state index contributed by atoms with van der Waals surface area (Å²) in [5.41, 5.74) is 3.95. The summed E-state index contributed by atoms with van der Waals surface area (Å²) < 4.78 is 0. The summed E-state index contributed by atoms with van der Waals surface area (Å²) in [5.74, 6) is -1.81. The molecule has 2 aromatic rings. The van der Waals surface area contributed by atoms with Crippen LogP contribution in [0.1, 0.15) is 57.1 Å². The van der Waals surface area contributed by atoms with Crippen LogP contribution in [0.3, 0.4) is 0 Å². The van der Waals surface area contributed by atoms with E-state index in [2.05, 4.69) is 0 Å². The first-order valence-corrected chi connectivity index (χ1v) is 9.64. The van der Waals surface area contributed by atoms with Crippen LogP contribution in [0.5, 0.6) is 0 Å². The number of carboxylic acid groups (broad SMARTS) is 2. The minimum atomic E-state index is -0.955. The highest BCUT2D eigenvalue weighted by atomic mass is 16.4. The number of fused-ring (bicyclic) bond motifs is 1. The quantitative estimate of drug-likeness (QED) is 0.812. The molecule has 2 atom stereocenters. The SMILES string of the molecule is CN1N=C2/C(=C/c3ccccc3C(=O)O)CCCC2C1c1ccccc1C(=O)O. The fourth-order valence-electron chi connectivity index (χ4n) is 4.47. The van der Waals surface area contributed by atoms with E-state index in [0.29, 0.717) is 11.1 Å². The van der Waals surface area contributed by atoms with Crippen LogP contribution in [0.25, 0.3) is 6.08 Å². The van der Waals surface area contributed by atoms with Crippen molar-refractivity contribution < 1.29 is 19.8 Å². The summed E-state index contributed by atoms with van der Waals surface area (Å²) in [6.45, 7) is 0. The van der Waals surface area contributed by atoms with Gasteiger partial charge in [-0.3, -0.25) is 5.01 Å². The summed E-state index contributed by atoms with van der Waals surface area (Å²) in [4.78, 5) is 23.3. The third-order valence-electron chi connectivity index (χ3n) is 5.72. The third kappa shape index (κ3) is 3.42. The maximum Gasteiger partial charge on any atom is 0.336 e. The lowest BCUT2D eigenvalue weighted by atomic mass is 9.76. The maximum absolute atomic E-state index is 11.7. The van der Waals surface area contributed by atoms with Crippen molar-refractivity contribution in [1.82, 2.24) is 5.01 Å². The van der Waals surface area contributed by atoms with Crippen molar-refractivity contribution in [1.29, 1.82) is 0 Å². The van der Waals surface area contributed by atoms with Crippen molar-refractivity contribution in [2.24, 2.45) is 11.0 Å². The topological polar surface area (TPSA) is 90.2 Å². The number of rotatable bonds is 4. The van der Waals surface area contributed by atoms with Gasteiger partial charge in [-0.1, -0.05) is 36.4 Å². The molecule has 0 radical (unpaired) electrons. The summed E-state index contributed by atoms with van der Waals surface area (Å²) in [6.07, 6.45) is 4.61. The molecule has 0 bridgehead atoms. The number of benzene rings is 2. The van der Waals surface area contributed by atoms with E-state index in [1.54, 1.807) is 30.3 Å². The molecule has 6 nitrogen and oxygen atoms in total. The first-order chi connectivity index (χ1) is 14.0. The van der Waals surface area contributed by atoms with Crippen molar-refractivity contribution >= 4 is 23.7 Å². The zero-order valence-corrected chi connectivity index (χ0v) is 16.1. The normalized spacial score (nSPS) is 22.3. The van der Waals surface area contributed by atoms with Crippen molar-refractivity contribution in [2.75, 3.05) is 7.05 Å². The monoisotopic (exact) mass is 390 g/mol. The fourth-order valence-corrected chi connectivity index (χ4v) is 4.47. The molecule has 1 aliphatic heterocycles. The molecular weight excluding hydrogens is 368 g/mol. The second-order valence-corrected chi connectivity index (χ2v) is 7.46. The molecule has 1 heterocycles. The molecule has 2 aromatic carbocycles. The molecule has 4 rings (SSSR count). The number of aromatic carboxylic acids is 2. The first kappa shape index (κ1) is 18.9. The highest BCUT2D eigenvalue weighted by Gasteiger charge is 2.41. The number of hydrogen-bond acceptors (Lipinski definition) is 4. The van der Waals surface area contributed by atoms with Gasteiger partial charge in [-0.15, -0.1) is 0 Å². The summed E-state index contributed by atoms with van der Waals surface area (Å²) in [5, 5.41) is 25.7. The lowest BCUT2D eigenvalue weighted by molar-refractivity contribution is 0.0683. The van der Waals surface area contributed by atoms with E-state index in [9.17, 15) is 19.8 Å². The van der Waals surface area contributed by atoms with Crippen molar-refractivity contribution in [2.45, 2.75) is 25.3 Å². The van der Waals surface area contributed by atoms with Crippen molar-refractivity contribution in [3.05, 3.63) is 76.4 Å². The fraction of sp³-hybridized carbons (Fsp3) is 0.261. The van der Waals surface area contributed by atoms with Gasteiger partial charge in [0.05, 0.1) is 22.9 Å². The minimum absolute atomic E-state index is 0.0810. The highest BCUT2D eigenvalue weighted by molar-refractivity contribution is 6.08. The molecule has 6 heteroatoms. The lowest BCUT2D eigenvalue weighted by Crippen LogP contribution is -2.27. The van der Waals surface area contributed by atoms with E-state index < -0.39 is 11.9 Å². The summed E-state index contributed by atoms with van der Waals surface area (Å²) >= 11 is 0. The molecule has 0 saturated heterocycles. The molecule has 2 aliphatic rings. The Hall–Kier alpha value is -3.41. The van der Waals surface area contributed by atoms with E-state index in [-0.39, 0.29) is 17.5 Å². The Morgan fingerprint density at radius 2 is 1.69 bits per heavy atom. The van der Waals surface area contributed by atoms with Gasteiger partial charge in [0, 0.05) is 13.0 Å². The predicted octanol–water partition coefficient (Wildman–Crippen LogP) is 4.31. The lowest BCUT2D eigenvalue weighted by Gasteiger charge is -2.29. The Morgan fingerprint density at radius 1 is 1.03 bits per heavy atom. The van der Waals surface area contributed by atoms with Gasteiger partial charge in [0.15, 0.2) is 0 Å². The van der Waals surface area contributed by atoms with Crippen LogP contribution in [0.15, 0.2) is 59.2 Å². The summed E-state index contributed by atoms with van der Waals surface area (Å²) in [6, 6.07) is 13.9. The second-order valence-electron chi connectivity index (χ2n) is 7.46. The van der Waals surface area contributed by atoms with Crippen LogP contribution in [0, 0.1) is 5.92 Å². The molecule has 0 spiro atoms. The molecule has 0 amide bonds. The second kappa shape index (κ2) is 7.54. The molecule has 1 saturated carbocycles. The van der Waals surface area contributed by atoms with Crippen LogP contribution in [0.2, 0.25) is 0 Å². The van der Waals surface area contributed by atoms with Crippen LogP contribution in [-0.4, -0.2) is 39.9 Å².